The van der Waals surface area contributed by atoms with E-state index >= 15 is 0 Å². The van der Waals surface area contributed by atoms with E-state index in [4.69, 9.17) is 0 Å². The van der Waals surface area contributed by atoms with Gasteiger partial charge in [0, 0.05) is 24.8 Å². The monoisotopic (exact) mass is 285 g/mol. The highest BCUT2D eigenvalue weighted by Crippen LogP contribution is 2.30. The summed E-state index contributed by atoms with van der Waals surface area (Å²) in [6, 6.07) is 10.1. The number of hydrogen-bond acceptors (Lipinski definition) is 3. The number of para-hydroxylation sites is 1. The first kappa shape index (κ1) is 14.3. The van der Waals surface area contributed by atoms with Crippen LogP contribution in [0.1, 0.15) is 31.2 Å². The number of aliphatic hydroxyl groups is 1. The summed E-state index contributed by atoms with van der Waals surface area (Å²) >= 11 is 0. The Labute approximate surface area is 126 Å². The molecule has 1 saturated carbocycles. The van der Waals surface area contributed by atoms with Gasteiger partial charge in [0.25, 0.3) is 0 Å². The Balaban J connectivity index is 1.62. The first-order valence-corrected chi connectivity index (χ1v) is 7.65. The van der Waals surface area contributed by atoms with Crippen molar-refractivity contribution in [3.05, 3.63) is 48.3 Å². The van der Waals surface area contributed by atoms with E-state index in [1.54, 1.807) is 0 Å². The van der Waals surface area contributed by atoms with Crippen LogP contribution >= 0.6 is 0 Å². The predicted molar refractivity (Wildman–Crippen MR) is 83.3 cm³/mol. The Kier molecular flexibility index (Phi) is 4.08. The third-order valence-corrected chi connectivity index (χ3v) is 4.21. The van der Waals surface area contributed by atoms with Crippen molar-refractivity contribution in [3.8, 4) is 5.69 Å². The number of aromatic nitrogens is 2. The highest BCUT2D eigenvalue weighted by molar-refractivity contribution is 5.30. The Morgan fingerprint density at radius 1 is 1.24 bits per heavy atom. The second-order valence-corrected chi connectivity index (χ2v) is 6.23. The van der Waals surface area contributed by atoms with Crippen molar-refractivity contribution >= 4 is 0 Å². The standard InChI is InChI=1S/C17H23N3O/c1-19(14-17(21)9-5-6-10-17)12-15-11-18-20(13-15)16-7-3-2-4-8-16/h2-4,7-8,11,13,21H,5-6,9-10,12,14H2,1H3. The smallest absolute Gasteiger partial charge is 0.0774 e. The van der Waals surface area contributed by atoms with Crippen LogP contribution in [0.2, 0.25) is 0 Å². The molecule has 1 fully saturated rings. The van der Waals surface area contributed by atoms with E-state index < -0.39 is 5.60 Å². The minimum absolute atomic E-state index is 0.482. The Morgan fingerprint density at radius 2 is 1.95 bits per heavy atom. The Hall–Kier alpha value is -1.65. The average Bonchev–Trinajstić information content (AvgIpc) is 3.09. The van der Waals surface area contributed by atoms with Crippen LogP contribution in [0.5, 0.6) is 0 Å². The SMILES string of the molecule is CN(Cc1cnn(-c2ccccc2)c1)CC1(O)CCCC1. The molecule has 4 nitrogen and oxygen atoms in total. The van der Waals surface area contributed by atoms with Crippen LogP contribution in [0, 0.1) is 0 Å². The fourth-order valence-electron chi connectivity index (χ4n) is 3.22. The molecular formula is C17H23N3O. The van der Waals surface area contributed by atoms with Gasteiger partial charge in [-0.05, 0) is 32.0 Å². The van der Waals surface area contributed by atoms with Crippen molar-refractivity contribution in [3.63, 3.8) is 0 Å². The molecule has 0 unspecified atom stereocenters. The van der Waals surface area contributed by atoms with Crippen molar-refractivity contribution in [2.45, 2.75) is 37.8 Å². The lowest BCUT2D eigenvalue weighted by atomic mass is 10.0. The summed E-state index contributed by atoms with van der Waals surface area (Å²) in [6.07, 6.45) is 8.13. The molecule has 1 aromatic heterocycles. The maximum atomic E-state index is 10.5. The molecule has 4 heteroatoms. The molecule has 3 rings (SSSR count). The topological polar surface area (TPSA) is 41.3 Å². The van der Waals surface area contributed by atoms with Gasteiger partial charge in [0.05, 0.1) is 17.5 Å². The molecule has 21 heavy (non-hydrogen) atoms. The fraction of sp³-hybridized carbons (Fsp3) is 0.471. The zero-order valence-electron chi connectivity index (χ0n) is 12.6. The summed E-state index contributed by atoms with van der Waals surface area (Å²) in [6.45, 7) is 1.55. The minimum atomic E-state index is -0.482. The minimum Gasteiger partial charge on any atom is -0.389 e. The largest absolute Gasteiger partial charge is 0.389 e. The van der Waals surface area contributed by atoms with Crippen molar-refractivity contribution in [1.82, 2.24) is 14.7 Å². The molecule has 0 saturated heterocycles. The zero-order chi connectivity index (χ0) is 14.7. The summed E-state index contributed by atoms with van der Waals surface area (Å²) in [4.78, 5) is 2.19. The molecule has 0 radical (unpaired) electrons. The maximum absolute atomic E-state index is 10.5. The van der Waals surface area contributed by atoms with Gasteiger partial charge in [0.2, 0.25) is 0 Å². The number of nitrogens with zero attached hydrogens (tertiary/aromatic N) is 3. The molecule has 0 aliphatic heterocycles. The van der Waals surface area contributed by atoms with Crippen LogP contribution in [0.4, 0.5) is 0 Å². The average molecular weight is 285 g/mol. The number of rotatable bonds is 5. The zero-order valence-corrected chi connectivity index (χ0v) is 12.6. The van der Waals surface area contributed by atoms with Crippen LogP contribution in [0.3, 0.4) is 0 Å². The summed E-state index contributed by atoms with van der Waals surface area (Å²) < 4.78 is 1.90. The van der Waals surface area contributed by atoms with Crippen LogP contribution in [0.25, 0.3) is 5.69 Å². The summed E-state index contributed by atoms with van der Waals surface area (Å²) in [5, 5.41) is 14.9. The second-order valence-electron chi connectivity index (χ2n) is 6.23. The highest BCUT2D eigenvalue weighted by atomic mass is 16.3. The third-order valence-electron chi connectivity index (χ3n) is 4.21. The fourth-order valence-corrected chi connectivity index (χ4v) is 3.22. The Bertz CT molecular complexity index is 573. The lowest BCUT2D eigenvalue weighted by Gasteiger charge is -2.28. The summed E-state index contributed by atoms with van der Waals surface area (Å²) in [5.41, 5.74) is 1.76. The lowest BCUT2D eigenvalue weighted by molar-refractivity contribution is 0.0145. The van der Waals surface area contributed by atoms with Crippen molar-refractivity contribution in [2.75, 3.05) is 13.6 Å². The summed E-state index contributed by atoms with van der Waals surface area (Å²) in [7, 11) is 2.07. The van der Waals surface area contributed by atoms with E-state index in [1.807, 2.05) is 41.2 Å². The normalized spacial score (nSPS) is 17.5. The van der Waals surface area contributed by atoms with Gasteiger partial charge in [-0.1, -0.05) is 31.0 Å². The molecule has 0 atom stereocenters. The van der Waals surface area contributed by atoms with Crippen molar-refractivity contribution < 1.29 is 5.11 Å². The molecule has 1 heterocycles. The molecular weight excluding hydrogens is 262 g/mol. The van der Waals surface area contributed by atoms with Gasteiger partial charge in [-0.15, -0.1) is 0 Å². The first-order chi connectivity index (χ1) is 10.1. The van der Waals surface area contributed by atoms with Gasteiger partial charge in [-0.25, -0.2) is 4.68 Å². The number of likely N-dealkylation sites (N-methyl/N-ethyl adjacent to an activating group) is 1. The van der Waals surface area contributed by atoms with E-state index in [9.17, 15) is 5.11 Å². The van der Waals surface area contributed by atoms with Gasteiger partial charge in [0.1, 0.15) is 0 Å². The highest BCUT2D eigenvalue weighted by Gasteiger charge is 2.32. The van der Waals surface area contributed by atoms with E-state index in [1.165, 1.54) is 5.56 Å². The lowest BCUT2D eigenvalue weighted by Crippen LogP contribution is -2.38. The predicted octanol–water partition coefficient (Wildman–Crippen LogP) is 2.61. The quantitative estimate of drug-likeness (QED) is 0.918. The molecule has 0 bridgehead atoms. The van der Waals surface area contributed by atoms with Crippen LogP contribution in [-0.2, 0) is 6.54 Å². The van der Waals surface area contributed by atoms with E-state index in [-0.39, 0.29) is 0 Å². The number of benzene rings is 1. The van der Waals surface area contributed by atoms with Gasteiger partial charge < -0.3 is 5.11 Å². The van der Waals surface area contributed by atoms with E-state index in [2.05, 4.69) is 23.2 Å². The van der Waals surface area contributed by atoms with Gasteiger partial charge in [0.15, 0.2) is 0 Å². The maximum Gasteiger partial charge on any atom is 0.0774 e. The van der Waals surface area contributed by atoms with Crippen LogP contribution < -0.4 is 0 Å². The van der Waals surface area contributed by atoms with E-state index in [0.29, 0.717) is 0 Å². The molecule has 2 aromatic rings. The van der Waals surface area contributed by atoms with E-state index in [0.717, 1.165) is 44.5 Å². The molecule has 112 valence electrons. The molecule has 1 aliphatic rings. The molecule has 0 spiro atoms. The molecule has 1 aliphatic carbocycles. The van der Waals surface area contributed by atoms with Gasteiger partial charge in [-0.2, -0.15) is 5.10 Å². The Morgan fingerprint density at radius 3 is 2.67 bits per heavy atom. The van der Waals surface area contributed by atoms with Crippen molar-refractivity contribution in [1.29, 1.82) is 0 Å². The molecule has 1 aromatic carbocycles. The molecule has 0 amide bonds. The second kappa shape index (κ2) is 6.00. The van der Waals surface area contributed by atoms with Gasteiger partial charge >= 0.3 is 0 Å². The third kappa shape index (κ3) is 3.52. The van der Waals surface area contributed by atoms with Crippen molar-refractivity contribution in [2.24, 2.45) is 0 Å². The van der Waals surface area contributed by atoms with Crippen LogP contribution in [-0.4, -0.2) is 39.0 Å². The van der Waals surface area contributed by atoms with Crippen LogP contribution in [0.15, 0.2) is 42.7 Å². The summed E-state index contributed by atoms with van der Waals surface area (Å²) in [5.74, 6) is 0. The first-order valence-electron chi connectivity index (χ1n) is 7.65. The van der Waals surface area contributed by atoms with Gasteiger partial charge in [-0.3, -0.25) is 4.90 Å². The molecule has 1 N–H and O–H groups in total. The number of hydrogen-bond donors (Lipinski definition) is 1.